The fourth-order valence-electron chi connectivity index (χ4n) is 4.68. The van der Waals surface area contributed by atoms with Crippen LogP contribution in [-0.4, -0.2) is 73.5 Å². The summed E-state index contributed by atoms with van der Waals surface area (Å²) in [5.41, 5.74) is 2.58. The van der Waals surface area contributed by atoms with Crippen LogP contribution in [0.1, 0.15) is 6.92 Å². The number of nitrogens with zero attached hydrogens (tertiary/aromatic N) is 5. The number of hydrogen-bond donors (Lipinski definition) is 1. The highest BCUT2D eigenvalue weighted by atomic mass is 32.2. The van der Waals surface area contributed by atoms with Crippen molar-refractivity contribution in [2.45, 2.75) is 11.8 Å². The first kappa shape index (κ1) is 29.5. The third-order valence-corrected chi connectivity index (χ3v) is 8.21. The van der Waals surface area contributed by atoms with Gasteiger partial charge in [-0.15, -0.1) is 0 Å². The van der Waals surface area contributed by atoms with Gasteiger partial charge in [0.2, 0.25) is 11.8 Å². The molecule has 0 saturated carbocycles. The minimum absolute atomic E-state index is 0.0449. The predicted octanol–water partition coefficient (Wildman–Crippen LogP) is 3.57. The third kappa shape index (κ3) is 6.43. The minimum atomic E-state index is -4.45. The van der Waals surface area contributed by atoms with Crippen molar-refractivity contribution in [1.29, 1.82) is 0 Å². The molecule has 1 aliphatic heterocycles. The lowest BCUT2D eigenvalue weighted by Crippen LogP contribution is -2.48. The molecule has 0 spiro atoms. The number of halogens is 2. The summed E-state index contributed by atoms with van der Waals surface area (Å²) in [5, 5.41) is 9.13. The fourth-order valence-corrected chi connectivity index (χ4v) is 5.78. The van der Waals surface area contributed by atoms with E-state index in [0.717, 1.165) is 23.2 Å². The molecule has 0 radical (unpaired) electrons. The predicted molar refractivity (Wildman–Crippen MR) is 155 cm³/mol. The highest BCUT2D eigenvalue weighted by Gasteiger charge is 2.24. The van der Waals surface area contributed by atoms with E-state index in [0.29, 0.717) is 48.9 Å². The molecular weight excluding hydrogens is 582 g/mol. The summed E-state index contributed by atoms with van der Waals surface area (Å²) < 4.78 is 61.1. The van der Waals surface area contributed by atoms with Crippen molar-refractivity contribution in [1.82, 2.24) is 20.1 Å². The van der Waals surface area contributed by atoms with E-state index in [-0.39, 0.29) is 23.3 Å². The molecule has 1 N–H and O–H groups in total. The Kier molecular flexibility index (Phi) is 8.30. The second-order valence-electron chi connectivity index (χ2n) is 9.68. The zero-order chi connectivity index (χ0) is 30.7. The van der Waals surface area contributed by atoms with Gasteiger partial charge in [-0.25, -0.2) is 22.2 Å². The molecule has 222 valence electrons. The number of benzene rings is 2. The molecule has 1 aliphatic rings. The summed E-state index contributed by atoms with van der Waals surface area (Å²) in [6.45, 7) is 3.34. The lowest BCUT2D eigenvalue weighted by Gasteiger charge is -2.35. The minimum Gasteiger partial charge on any atom is -0.480 e. The fraction of sp³-hybridized carbons (Fsp3) is 0.207. The molecule has 1 saturated heterocycles. The average molecular weight is 609 g/mol. The number of methoxy groups -OCH3 is 1. The zero-order valence-electron chi connectivity index (χ0n) is 23.1. The van der Waals surface area contributed by atoms with Crippen molar-refractivity contribution < 1.29 is 31.5 Å². The summed E-state index contributed by atoms with van der Waals surface area (Å²) >= 11 is 0. The molecule has 0 unspecified atom stereocenters. The van der Waals surface area contributed by atoms with Crippen LogP contribution in [-0.2, 0) is 19.6 Å². The molecule has 1 fully saturated rings. The number of ether oxygens (including phenoxy) is 1. The molecule has 1 amide bonds. The van der Waals surface area contributed by atoms with Gasteiger partial charge in [0.05, 0.1) is 24.5 Å². The van der Waals surface area contributed by atoms with E-state index in [1.165, 1.54) is 38.4 Å². The first-order chi connectivity index (χ1) is 20.6. The number of hydrogen-bond acceptors (Lipinski definition) is 9. The Balaban J connectivity index is 1.43. The normalized spacial score (nSPS) is 13.9. The summed E-state index contributed by atoms with van der Waals surface area (Å²) in [7, 11) is -3.14. The van der Waals surface area contributed by atoms with Crippen LogP contribution in [0.15, 0.2) is 71.9 Å². The lowest BCUT2D eigenvalue weighted by atomic mass is 10.0. The second kappa shape index (κ2) is 12.1. The van der Waals surface area contributed by atoms with E-state index in [1.807, 2.05) is 6.07 Å². The van der Waals surface area contributed by atoms with Gasteiger partial charge in [-0.1, -0.05) is 6.07 Å². The van der Waals surface area contributed by atoms with E-state index in [1.54, 1.807) is 23.2 Å². The van der Waals surface area contributed by atoms with Gasteiger partial charge in [-0.2, -0.15) is 10.2 Å². The summed E-state index contributed by atoms with van der Waals surface area (Å²) in [6, 6.07) is 9.09. The number of anilines is 2. The van der Waals surface area contributed by atoms with Gasteiger partial charge in [0, 0.05) is 55.5 Å². The molecule has 0 aliphatic carbocycles. The maximum absolute atomic E-state index is 14.3. The molecule has 2 aromatic carbocycles. The molecule has 3 heterocycles. The SMILES string of the molecule is COc1ncc(-c2ccc3nncc(N4CCN(C(=O)C=CC(C)=O)CC4)c3c2)cc1NS(=O)(=O)c1ccc(F)cc1F. The Labute approximate surface area is 245 Å². The summed E-state index contributed by atoms with van der Waals surface area (Å²) in [4.78, 5) is 30.8. The smallest absolute Gasteiger partial charge is 0.264 e. The quantitative estimate of drug-likeness (QED) is 0.298. The molecule has 4 aromatic rings. The number of aromatic nitrogens is 3. The van der Waals surface area contributed by atoms with Crippen LogP contribution in [0, 0.1) is 11.6 Å². The Morgan fingerprint density at radius 2 is 1.74 bits per heavy atom. The Morgan fingerprint density at radius 1 is 0.977 bits per heavy atom. The van der Waals surface area contributed by atoms with Gasteiger partial charge in [-0.05, 0) is 48.9 Å². The summed E-state index contributed by atoms with van der Waals surface area (Å²) in [6.07, 6.45) is 5.68. The number of amides is 1. The first-order valence-electron chi connectivity index (χ1n) is 13.1. The zero-order valence-corrected chi connectivity index (χ0v) is 23.9. The molecule has 0 bridgehead atoms. The maximum atomic E-state index is 14.3. The van der Waals surface area contributed by atoms with Gasteiger partial charge in [0.25, 0.3) is 10.0 Å². The van der Waals surface area contributed by atoms with Crippen LogP contribution in [0.4, 0.5) is 20.2 Å². The number of nitrogens with one attached hydrogen (secondary N) is 1. The number of sulfonamides is 1. The van der Waals surface area contributed by atoms with E-state index in [9.17, 15) is 26.8 Å². The molecule has 14 heteroatoms. The number of rotatable bonds is 8. The summed E-state index contributed by atoms with van der Waals surface area (Å²) in [5.74, 6) is -2.62. The van der Waals surface area contributed by atoms with Crippen molar-refractivity contribution in [2.75, 3.05) is 42.9 Å². The molecule has 11 nitrogen and oxygen atoms in total. The van der Waals surface area contributed by atoms with Crippen LogP contribution >= 0.6 is 0 Å². The van der Waals surface area contributed by atoms with Crippen molar-refractivity contribution in [2.24, 2.45) is 0 Å². The number of pyridine rings is 1. The van der Waals surface area contributed by atoms with Gasteiger partial charge in [0.1, 0.15) is 22.2 Å². The number of allylic oxidation sites excluding steroid dienone is 1. The maximum Gasteiger partial charge on any atom is 0.264 e. The number of ketones is 1. The van der Waals surface area contributed by atoms with Crippen LogP contribution in [0.3, 0.4) is 0 Å². The van der Waals surface area contributed by atoms with Gasteiger partial charge in [0.15, 0.2) is 5.78 Å². The number of carbonyl (C=O) groups excluding carboxylic acids is 2. The van der Waals surface area contributed by atoms with Crippen LogP contribution in [0.5, 0.6) is 5.88 Å². The van der Waals surface area contributed by atoms with E-state index < -0.39 is 26.6 Å². The number of carbonyl (C=O) groups is 2. The Bertz CT molecular complexity index is 1860. The molecule has 2 aromatic heterocycles. The highest BCUT2D eigenvalue weighted by Crippen LogP contribution is 2.34. The molecule has 0 atom stereocenters. The van der Waals surface area contributed by atoms with Crippen LogP contribution in [0.25, 0.3) is 22.0 Å². The van der Waals surface area contributed by atoms with Gasteiger partial charge in [-0.3, -0.25) is 14.3 Å². The van der Waals surface area contributed by atoms with Crippen molar-refractivity contribution in [3.05, 3.63) is 78.6 Å². The molecule has 43 heavy (non-hydrogen) atoms. The number of piperazine rings is 1. The topological polar surface area (TPSA) is 135 Å². The van der Waals surface area contributed by atoms with Crippen molar-refractivity contribution in [3.8, 4) is 17.0 Å². The molecule has 5 rings (SSSR count). The van der Waals surface area contributed by atoms with Crippen LogP contribution in [0.2, 0.25) is 0 Å². The first-order valence-corrected chi connectivity index (χ1v) is 14.5. The van der Waals surface area contributed by atoms with E-state index >= 15 is 0 Å². The van der Waals surface area contributed by atoms with E-state index in [2.05, 4.69) is 24.8 Å². The van der Waals surface area contributed by atoms with Gasteiger partial charge >= 0.3 is 0 Å². The third-order valence-electron chi connectivity index (χ3n) is 6.82. The largest absolute Gasteiger partial charge is 0.480 e. The standard InChI is InChI=1S/C29H26F2N6O5S/c1-18(38)3-8-28(39)37-11-9-36(10-12-37)26-17-33-34-24-6-4-19(13-22(24)26)20-14-25(29(42-2)32-16-20)35-43(40,41)27-7-5-21(30)15-23(27)31/h3-8,13-17,35H,9-12H2,1-2H3. The average Bonchev–Trinajstić information content (AvgIpc) is 2.99. The highest BCUT2D eigenvalue weighted by molar-refractivity contribution is 7.92. The number of fused-ring (bicyclic) bond motifs is 1. The lowest BCUT2D eigenvalue weighted by molar-refractivity contribution is -0.126. The van der Waals surface area contributed by atoms with Gasteiger partial charge < -0.3 is 14.5 Å². The van der Waals surface area contributed by atoms with Crippen molar-refractivity contribution >= 4 is 44.0 Å². The Morgan fingerprint density at radius 3 is 2.44 bits per heavy atom. The second-order valence-corrected chi connectivity index (χ2v) is 11.3. The molecular formula is C29H26F2N6O5S. The van der Waals surface area contributed by atoms with Crippen molar-refractivity contribution in [3.63, 3.8) is 0 Å². The monoisotopic (exact) mass is 608 g/mol. The Hall–Kier alpha value is -4.98. The van der Waals surface area contributed by atoms with E-state index in [4.69, 9.17) is 4.74 Å². The van der Waals surface area contributed by atoms with Crippen LogP contribution < -0.4 is 14.4 Å².